The van der Waals surface area contributed by atoms with Gasteiger partial charge in [-0.25, -0.2) is 21.6 Å². The maximum Gasteiger partial charge on any atom is 0.257 e. The monoisotopic (exact) mass is 537 g/mol. The van der Waals surface area contributed by atoms with E-state index in [-0.39, 0.29) is 28.2 Å². The molecule has 0 unspecified atom stereocenters. The van der Waals surface area contributed by atoms with Crippen LogP contribution in [0, 0.1) is 12.8 Å². The SMILES string of the molecule is Cc1cc(S(=O)(=O)NCC(C)C)ccc1OCC(=O)NCCc1ccc(S(=O)(=O)N2CCCC2)cc1. The molecule has 2 N–H and O–H groups in total. The fraction of sp³-hybridized carbons (Fsp3) is 0.480. The van der Waals surface area contributed by atoms with Crippen molar-refractivity contribution < 1.29 is 26.4 Å². The van der Waals surface area contributed by atoms with Crippen LogP contribution in [0.3, 0.4) is 0 Å². The molecule has 11 heteroatoms. The first-order chi connectivity index (χ1) is 17.0. The first kappa shape index (κ1) is 28.1. The number of amides is 1. The normalized spacial score (nSPS) is 14.8. The Kier molecular flexibility index (Phi) is 9.51. The van der Waals surface area contributed by atoms with E-state index >= 15 is 0 Å². The summed E-state index contributed by atoms with van der Waals surface area (Å²) in [6.07, 6.45) is 2.33. The molecule has 36 heavy (non-hydrogen) atoms. The predicted octanol–water partition coefficient (Wildman–Crippen LogP) is 2.45. The Morgan fingerprint density at radius 3 is 2.25 bits per heavy atom. The van der Waals surface area contributed by atoms with Crippen molar-refractivity contribution >= 4 is 26.0 Å². The van der Waals surface area contributed by atoms with Crippen LogP contribution in [0.1, 0.15) is 37.8 Å². The summed E-state index contributed by atoms with van der Waals surface area (Å²) in [6.45, 7) is 7.23. The number of hydrogen-bond acceptors (Lipinski definition) is 6. The lowest BCUT2D eigenvalue weighted by atomic mass is 10.1. The molecule has 1 aliphatic heterocycles. The van der Waals surface area contributed by atoms with Crippen molar-refractivity contribution in [1.82, 2.24) is 14.3 Å². The van der Waals surface area contributed by atoms with E-state index < -0.39 is 20.0 Å². The molecule has 0 aromatic heterocycles. The van der Waals surface area contributed by atoms with Crippen molar-refractivity contribution in [2.75, 3.05) is 32.8 Å². The van der Waals surface area contributed by atoms with Gasteiger partial charge in [0.05, 0.1) is 9.79 Å². The Morgan fingerprint density at radius 2 is 1.64 bits per heavy atom. The van der Waals surface area contributed by atoms with E-state index in [0.29, 0.717) is 43.9 Å². The molecule has 3 rings (SSSR count). The Labute approximate surface area is 214 Å². The Balaban J connectivity index is 1.45. The van der Waals surface area contributed by atoms with Crippen LogP contribution in [0.25, 0.3) is 0 Å². The van der Waals surface area contributed by atoms with Crippen molar-refractivity contribution in [2.24, 2.45) is 5.92 Å². The second kappa shape index (κ2) is 12.2. The molecule has 0 bridgehead atoms. The zero-order valence-electron chi connectivity index (χ0n) is 21.0. The molecule has 0 aliphatic carbocycles. The van der Waals surface area contributed by atoms with Gasteiger partial charge in [0.15, 0.2) is 6.61 Å². The molecule has 2 aromatic carbocycles. The van der Waals surface area contributed by atoms with Gasteiger partial charge in [0.25, 0.3) is 5.91 Å². The smallest absolute Gasteiger partial charge is 0.257 e. The third-order valence-corrected chi connectivity index (χ3v) is 9.19. The quantitative estimate of drug-likeness (QED) is 0.429. The zero-order chi connectivity index (χ0) is 26.3. The zero-order valence-corrected chi connectivity index (χ0v) is 22.6. The Bertz CT molecular complexity index is 1250. The van der Waals surface area contributed by atoms with Crippen LogP contribution in [-0.2, 0) is 31.3 Å². The minimum absolute atomic E-state index is 0.150. The van der Waals surface area contributed by atoms with E-state index in [0.717, 1.165) is 18.4 Å². The Hall–Kier alpha value is -2.47. The fourth-order valence-corrected chi connectivity index (χ4v) is 6.57. The number of nitrogens with one attached hydrogen (secondary N) is 2. The number of benzene rings is 2. The summed E-state index contributed by atoms with van der Waals surface area (Å²) in [4.78, 5) is 12.6. The van der Waals surface area contributed by atoms with Crippen LogP contribution in [0.2, 0.25) is 0 Å². The second-order valence-electron chi connectivity index (χ2n) is 9.32. The molecular weight excluding hydrogens is 502 g/mol. The molecule has 198 valence electrons. The standard InChI is InChI=1S/C25H35N3O6S2/c1-19(2)17-27-35(30,31)23-10-11-24(20(3)16-23)34-18-25(29)26-13-12-21-6-8-22(9-7-21)36(32,33)28-14-4-5-15-28/h6-11,16,19,27H,4-5,12-15,17-18H2,1-3H3,(H,26,29). The van der Waals surface area contributed by atoms with Crippen LogP contribution in [-0.4, -0.2) is 59.8 Å². The lowest BCUT2D eigenvalue weighted by Gasteiger charge is -2.15. The van der Waals surface area contributed by atoms with Gasteiger partial charge in [0.1, 0.15) is 5.75 Å². The van der Waals surface area contributed by atoms with Crippen LogP contribution < -0.4 is 14.8 Å². The molecule has 1 heterocycles. The molecule has 0 saturated carbocycles. The summed E-state index contributed by atoms with van der Waals surface area (Å²) in [5.74, 6) is 0.318. The van der Waals surface area contributed by atoms with E-state index in [4.69, 9.17) is 4.74 Å². The summed E-state index contributed by atoms with van der Waals surface area (Å²) in [5, 5.41) is 2.78. The minimum atomic E-state index is -3.60. The summed E-state index contributed by atoms with van der Waals surface area (Å²) < 4.78 is 59.6. The van der Waals surface area contributed by atoms with E-state index in [1.54, 1.807) is 37.3 Å². The van der Waals surface area contributed by atoms with E-state index in [1.807, 2.05) is 13.8 Å². The number of nitrogens with zero attached hydrogens (tertiary/aromatic N) is 1. The van der Waals surface area contributed by atoms with Gasteiger partial charge in [-0.15, -0.1) is 0 Å². The molecule has 0 radical (unpaired) electrons. The molecule has 1 aliphatic rings. The van der Waals surface area contributed by atoms with Gasteiger partial charge in [-0.3, -0.25) is 4.79 Å². The number of carbonyl (C=O) groups excluding carboxylic acids is 1. The number of rotatable bonds is 12. The highest BCUT2D eigenvalue weighted by atomic mass is 32.2. The highest BCUT2D eigenvalue weighted by molar-refractivity contribution is 7.89. The number of ether oxygens (including phenoxy) is 1. The maximum atomic E-state index is 12.6. The number of aryl methyl sites for hydroxylation is 1. The third-order valence-electron chi connectivity index (χ3n) is 5.86. The average Bonchev–Trinajstić information content (AvgIpc) is 3.38. The van der Waals surface area contributed by atoms with Crippen LogP contribution in [0.4, 0.5) is 0 Å². The van der Waals surface area contributed by atoms with Gasteiger partial charge in [-0.05, 0) is 73.6 Å². The summed E-state index contributed by atoms with van der Waals surface area (Å²) in [7, 11) is -7.03. The van der Waals surface area contributed by atoms with Crippen molar-refractivity contribution in [2.45, 2.75) is 49.8 Å². The molecule has 0 spiro atoms. The number of carbonyl (C=O) groups is 1. The third kappa shape index (κ3) is 7.52. The molecule has 1 saturated heterocycles. The van der Waals surface area contributed by atoms with Crippen molar-refractivity contribution in [3.05, 3.63) is 53.6 Å². The predicted molar refractivity (Wildman–Crippen MR) is 138 cm³/mol. The topological polar surface area (TPSA) is 122 Å². The molecule has 0 atom stereocenters. The summed E-state index contributed by atoms with van der Waals surface area (Å²) in [6, 6.07) is 11.3. The highest BCUT2D eigenvalue weighted by Crippen LogP contribution is 2.22. The van der Waals surface area contributed by atoms with Crippen LogP contribution in [0.5, 0.6) is 5.75 Å². The van der Waals surface area contributed by atoms with E-state index in [9.17, 15) is 21.6 Å². The van der Waals surface area contributed by atoms with Crippen molar-refractivity contribution in [3.63, 3.8) is 0 Å². The second-order valence-corrected chi connectivity index (χ2v) is 13.0. The number of sulfonamides is 2. The molecule has 1 fully saturated rings. The van der Waals surface area contributed by atoms with Crippen molar-refractivity contribution in [3.8, 4) is 5.75 Å². The van der Waals surface area contributed by atoms with Gasteiger partial charge in [-0.2, -0.15) is 4.31 Å². The maximum absolute atomic E-state index is 12.6. The average molecular weight is 538 g/mol. The molecular formula is C25H35N3O6S2. The summed E-state index contributed by atoms with van der Waals surface area (Å²) >= 11 is 0. The minimum Gasteiger partial charge on any atom is -0.484 e. The van der Waals surface area contributed by atoms with Gasteiger partial charge in [-0.1, -0.05) is 26.0 Å². The summed E-state index contributed by atoms with van der Waals surface area (Å²) in [5.41, 5.74) is 1.52. The van der Waals surface area contributed by atoms with Crippen molar-refractivity contribution in [1.29, 1.82) is 0 Å². The lowest BCUT2D eigenvalue weighted by Crippen LogP contribution is -2.30. The van der Waals surface area contributed by atoms with E-state index in [2.05, 4.69) is 10.0 Å². The van der Waals surface area contributed by atoms with Gasteiger partial charge in [0.2, 0.25) is 20.0 Å². The van der Waals surface area contributed by atoms with Crippen LogP contribution in [0.15, 0.2) is 52.3 Å². The van der Waals surface area contributed by atoms with Gasteiger partial charge >= 0.3 is 0 Å². The largest absolute Gasteiger partial charge is 0.484 e. The fourth-order valence-electron chi connectivity index (χ4n) is 3.76. The first-order valence-corrected chi connectivity index (χ1v) is 15.0. The molecule has 2 aromatic rings. The molecule has 1 amide bonds. The first-order valence-electron chi connectivity index (χ1n) is 12.1. The lowest BCUT2D eigenvalue weighted by molar-refractivity contribution is -0.123. The highest BCUT2D eigenvalue weighted by Gasteiger charge is 2.26. The molecule has 9 nitrogen and oxygen atoms in total. The van der Waals surface area contributed by atoms with Crippen LogP contribution >= 0.6 is 0 Å². The van der Waals surface area contributed by atoms with E-state index in [1.165, 1.54) is 16.4 Å². The van der Waals surface area contributed by atoms with Gasteiger partial charge in [0, 0.05) is 26.2 Å². The van der Waals surface area contributed by atoms with Gasteiger partial charge < -0.3 is 10.1 Å². The Morgan fingerprint density at radius 1 is 1.00 bits per heavy atom. The number of hydrogen-bond donors (Lipinski definition) is 2.